The number of hydrogen-bond acceptors (Lipinski definition) is 4. The third-order valence-corrected chi connectivity index (χ3v) is 4.97. The Morgan fingerprint density at radius 2 is 1.64 bits per heavy atom. The van der Waals surface area contributed by atoms with E-state index in [2.05, 4.69) is 15.2 Å². The lowest BCUT2D eigenvalue weighted by molar-refractivity contribution is 0.102. The molecule has 0 unspecified atom stereocenters. The van der Waals surface area contributed by atoms with Crippen molar-refractivity contribution in [3.8, 4) is 11.4 Å². The first-order valence-corrected chi connectivity index (χ1v) is 9.76. The van der Waals surface area contributed by atoms with Crippen LogP contribution < -0.4 is 10.2 Å². The van der Waals surface area contributed by atoms with E-state index in [0.29, 0.717) is 11.5 Å². The summed E-state index contributed by atoms with van der Waals surface area (Å²) in [5, 5.41) is 2.95. The molecule has 0 atom stereocenters. The minimum Gasteiger partial charge on any atom is -0.356 e. The van der Waals surface area contributed by atoms with Crippen LogP contribution in [-0.2, 0) is 0 Å². The first kappa shape index (κ1) is 18.2. The molecule has 0 aliphatic carbocycles. The second-order valence-corrected chi connectivity index (χ2v) is 7.17. The standard InChI is InChI=1S/C23H24N4O/c1-17-10-12-19(13-11-17)24-23(28)20-16-21(27-14-6-3-7-15-27)26-22(25-20)18-8-4-2-5-9-18/h2,4-5,8-13,16H,3,6-7,14-15H2,1H3,(H,24,28). The van der Waals surface area contributed by atoms with Gasteiger partial charge in [-0.1, -0.05) is 48.0 Å². The monoisotopic (exact) mass is 372 g/mol. The van der Waals surface area contributed by atoms with Crippen LogP contribution in [0.25, 0.3) is 11.4 Å². The molecule has 2 aromatic carbocycles. The molecule has 1 aliphatic heterocycles. The number of aryl methyl sites for hydroxylation is 1. The number of benzene rings is 2. The van der Waals surface area contributed by atoms with Crippen molar-refractivity contribution in [2.75, 3.05) is 23.3 Å². The average molecular weight is 372 g/mol. The Morgan fingerprint density at radius 1 is 0.929 bits per heavy atom. The predicted molar refractivity (Wildman–Crippen MR) is 113 cm³/mol. The highest BCUT2D eigenvalue weighted by Crippen LogP contribution is 2.23. The van der Waals surface area contributed by atoms with Crippen LogP contribution in [0, 0.1) is 6.92 Å². The molecule has 3 aromatic rings. The minimum absolute atomic E-state index is 0.221. The van der Waals surface area contributed by atoms with E-state index in [-0.39, 0.29) is 5.91 Å². The maximum atomic E-state index is 12.9. The third-order valence-electron chi connectivity index (χ3n) is 4.97. The number of rotatable bonds is 4. The zero-order chi connectivity index (χ0) is 19.3. The van der Waals surface area contributed by atoms with Gasteiger partial charge < -0.3 is 10.2 Å². The zero-order valence-corrected chi connectivity index (χ0v) is 16.1. The number of carbonyl (C=O) groups is 1. The molecule has 142 valence electrons. The molecule has 1 aromatic heterocycles. The molecule has 0 saturated carbocycles. The van der Waals surface area contributed by atoms with Crippen LogP contribution in [0.15, 0.2) is 60.7 Å². The Morgan fingerprint density at radius 3 is 2.36 bits per heavy atom. The van der Waals surface area contributed by atoms with Crippen LogP contribution in [0.3, 0.4) is 0 Å². The van der Waals surface area contributed by atoms with Crippen molar-refractivity contribution >= 4 is 17.4 Å². The Hall–Kier alpha value is -3.21. The van der Waals surface area contributed by atoms with Crippen LogP contribution in [0.1, 0.15) is 35.3 Å². The number of amides is 1. The van der Waals surface area contributed by atoms with E-state index < -0.39 is 0 Å². The fourth-order valence-corrected chi connectivity index (χ4v) is 3.38. The summed E-state index contributed by atoms with van der Waals surface area (Å²) in [7, 11) is 0. The van der Waals surface area contributed by atoms with Gasteiger partial charge in [0.25, 0.3) is 5.91 Å². The normalized spacial score (nSPS) is 14.0. The molecule has 4 rings (SSSR count). The first-order valence-electron chi connectivity index (χ1n) is 9.76. The van der Waals surface area contributed by atoms with Gasteiger partial charge in [0.05, 0.1) is 0 Å². The number of nitrogens with one attached hydrogen (secondary N) is 1. The van der Waals surface area contributed by atoms with Gasteiger partial charge in [-0.3, -0.25) is 4.79 Å². The van der Waals surface area contributed by atoms with Gasteiger partial charge in [-0.25, -0.2) is 9.97 Å². The van der Waals surface area contributed by atoms with Gasteiger partial charge in [0, 0.05) is 30.4 Å². The predicted octanol–water partition coefficient (Wildman–Crippen LogP) is 4.69. The molecule has 1 fully saturated rings. The summed E-state index contributed by atoms with van der Waals surface area (Å²) in [5.74, 6) is 1.18. The summed E-state index contributed by atoms with van der Waals surface area (Å²) >= 11 is 0. The molecule has 28 heavy (non-hydrogen) atoms. The van der Waals surface area contributed by atoms with E-state index in [1.165, 1.54) is 6.42 Å². The van der Waals surface area contributed by atoms with Crippen LogP contribution in [0.4, 0.5) is 11.5 Å². The van der Waals surface area contributed by atoms with Crippen LogP contribution in [0.5, 0.6) is 0 Å². The number of aromatic nitrogens is 2. The van der Waals surface area contributed by atoms with E-state index in [1.54, 1.807) is 6.07 Å². The quantitative estimate of drug-likeness (QED) is 0.721. The van der Waals surface area contributed by atoms with E-state index in [9.17, 15) is 4.79 Å². The van der Waals surface area contributed by atoms with E-state index in [4.69, 9.17) is 4.98 Å². The summed E-state index contributed by atoms with van der Waals surface area (Å²) in [5.41, 5.74) is 3.20. The molecule has 1 aliphatic rings. The smallest absolute Gasteiger partial charge is 0.274 e. The number of piperidine rings is 1. The van der Waals surface area contributed by atoms with Crippen LogP contribution >= 0.6 is 0 Å². The van der Waals surface area contributed by atoms with Crippen molar-refractivity contribution < 1.29 is 4.79 Å². The first-order chi connectivity index (χ1) is 13.7. The van der Waals surface area contributed by atoms with Gasteiger partial charge in [0.1, 0.15) is 11.5 Å². The highest BCUT2D eigenvalue weighted by molar-refractivity contribution is 6.03. The molecule has 5 nitrogen and oxygen atoms in total. The Bertz CT molecular complexity index is 948. The van der Waals surface area contributed by atoms with Gasteiger partial charge in [0.15, 0.2) is 5.82 Å². The highest BCUT2D eigenvalue weighted by atomic mass is 16.1. The Labute approximate surface area is 165 Å². The maximum Gasteiger partial charge on any atom is 0.274 e. The van der Waals surface area contributed by atoms with Crippen molar-refractivity contribution in [3.05, 3.63) is 71.9 Å². The second-order valence-electron chi connectivity index (χ2n) is 7.17. The van der Waals surface area contributed by atoms with E-state index >= 15 is 0 Å². The lowest BCUT2D eigenvalue weighted by atomic mass is 10.1. The lowest BCUT2D eigenvalue weighted by Gasteiger charge is -2.28. The molecule has 1 saturated heterocycles. The van der Waals surface area contributed by atoms with Crippen molar-refractivity contribution in [2.24, 2.45) is 0 Å². The minimum atomic E-state index is -0.221. The molecule has 1 amide bonds. The van der Waals surface area contributed by atoms with Gasteiger partial charge in [-0.15, -0.1) is 0 Å². The number of carbonyl (C=O) groups excluding carboxylic acids is 1. The Balaban J connectivity index is 1.68. The van der Waals surface area contributed by atoms with E-state index in [0.717, 1.165) is 48.6 Å². The lowest BCUT2D eigenvalue weighted by Crippen LogP contribution is -2.30. The van der Waals surface area contributed by atoms with Gasteiger partial charge in [-0.2, -0.15) is 0 Å². The molecular weight excluding hydrogens is 348 g/mol. The largest absolute Gasteiger partial charge is 0.356 e. The summed E-state index contributed by atoms with van der Waals surface area (Å²) in [6.45, 7) is 3.95. The second kappa shape index (κ2) is 8.21. The Kier molecular flexibility index (Phi) is 5.33. The van der Waals surface area contributed by atoms with Crippen LogP contribution in [-0.4, -0.2) is 29.0 Å². The summed E-state index contributed by atoms with van der Waals surface area (Å²) < 4.78 is 0. The molecule has 1 N–H and O–H groups in total. The molecule has 5 heteroatoms. The van der Waals surface area contributed by atoms with Crippen molar-refractivity contribution in [1.29, 1.82) is 0 Å². The summed E-state index contributed by atoms with van der Waals surface area (Å²) in [6.07, 6.45) is 3.54. The zero-order valence-electron chi connectivity index (χ0n) is 16.1. The molecule has 0 spiro atoms. The summed E-state index contributed by atoms with van der Waals surface area (Å²) in [4.78, 5) is 24.5. The number of nitrogens with zero attached hydrogens (tertiary/aromatic N) is 3. The third kappa shape index (κ3) is 4.19. The van der Waals surface area contributed by atoms with Crippen LogP contribution in [0.2, 0.25) is 0 Å². The average Bonchev–Trinajstić information content (AvgIpc) is 2.76. The SMILES string of the molecule is Cc1ccc(NC(=O)c2cc(N3CCCCC3)nc(-c3ccccc3)n2)cc1. The van der Waals surface area contributed by atoms with Gasteiger partial charge >= 0.3 is 0 Å². The molecule has 2 heterocycles. The van der Waals surface area contributed by atoms with Gasteiger partial charge in [-0.05, 0) is 38.3 Å². The molecule has 0 bridgehead atoms. The fraction of sp³-hybridized carbons (Fsp3) is 0.261. The number of anilines is 2. The van der Waals surface area contributed by atoms with E-state index in [1.807, 2.05) is 61.5 Å². The highest BCUT2D eigenvalue weighted by Gasteiger charge is 2.18. The number of hydrogen-bond donors (Lipinski definition) is 1. The van der Waals surface area contributed by atoms with Gasteiger partial charge in [0.2, 0.25) is 0 Å². The van der Waals surface area contributed by atoms with Crippen molar-refractivity contribution in [1.82, 2.24) is 9.97 Å². The summed E-state index contributed by atoms with van der Waals surface area (Å²) in [6, 6.07) is 19.4. The topological polar surface area (TPSA) is 58.1 Å². The maximum absolute atomic E-state index is 12.9. The molecule has 0 radical (unpaired) electrons. The van der Waals surface area contributed by atoms with Crippen molar-refractivity contribution in [3.63, 3.8) is 0 Å². The van der Waals surface area contributed by atoms with Crippen molar-refractivity contribution in [2.45, 2.75) is 26.2 Å². The molecular formula is C23H24N4O. The fourth-order valence-electron chi connectivity index (χ4n) is 3.38.